The maximum absolute atomic E-state index is 12.9. The van der Waals surface area contributed by atoms with E-state index in [9.17, 15) is 9.59 Å². The Labute approximate surface area is 162 Å². The Bertz CT molecular complexity index is 1060. The quantitative estimate of drug-likeness (QED) is 0.618. The van der Waals surface area contributed by atoms with E-state index < -0.39 is 5.56 Å². The van der Waals surface area contributed by atoms with Crippen LogP contribution < -0.4 is 10.3 Å². The molecular formula is C21H19ClN2O3. The second kappa shape index (κ2) is 7.76. The van der Waals surface area contributed by atoms with E-state index in [0.717, 1.165) is 11.1 Å². The number of rotatable bonds is 5. The molecule has 0 radical (unpaired) electrons. The third-order valence-electron chi connectivity index (χ3n) is 4.21. The highest BCUT2D eigenvalue weighted by Crippen LogP contribution is 2.25. The average molecular weight is 383 g/mol. The van der Waals surface area contributed by atoms with E-state index in [1.54, 1.807) is 25.3 Å². The SMILES string of the molecule is CC(=O)c1cc(-n2c(C)cc(OCc3ccccc3)c(Cl)c2=O)c(C)cn1. The third-order valence-corrected chi connectivity index (χ3v) is 4.56. The van der Waals surface area contributed by atoms with E-state index in [0.29, 0.717) is 29.4 Å². The minimum Gasteiger partial charge on any atom is -0.487 e. The smallest absolute Gasteiger partial charge is 0.277 e. The number of aromatic nitrogens is 2. The van der Waals surface area contributed by atoms with Gasteiger partial charge in [-0.25, -0.2) is 0 Å². The molecule has 0 aliphatic carbocycles. The molecule has 0 spiro atoms. The Morgan fingerprint density at radius 2 is 1.89 bits per heavy atom. The lowest BCUT2D eigenvalue weighted by molar-refractivity contribution is 0.101. The van der Waals surface area contributed by atoms with E-state index in [1.807, 2.05) is 37.3 Å². The Morgan fingerprint density at radius 1 is 1.19 bits per heavy atom. The molecule has 0 amide bonds. The second-order valence-electron chi connectivity index (χ2n) is 6.29. The molecule has 2 aromatic heterocycles. The minimum absolute atomic E-state index is 0.00267. The Morgan fingerprint density at radius 3 is 2.56 bits per heavy atom. The van der Waals surface area contributed by atoms with Gasteiger partial charge in [0.1, 0.15) is 23.1 Å². The number of Topliss-reactive ketones (excluding diaryl/α,β-unsaturated/α-hetero) is 1. The van der Waals surface area contributed by atoms with Gasteiger partial charge in [0.05, 0.1) is 5.69 Å². The lowest BCUT2D eigenvalue weighted by atomic mass is 10.1. The number of nitrogens with zero attached hydrogens (tertiary/aromatic N) is 2. The summed E-state index contributed by atoms with van der Waals surface area (Å²) in [5.74, 6) is 0.161. The number of aryl methyl sites for hydroxylation is 2. The highest BCUT2D eigenvalue weighted by molar-refractivity contribution is 6.31. The molecule has 0 aliphatic rings. The molecule has 5 nitrogen and oxygen atoms in total. The van der Waals surface area contributed by atoms with Crippen molar-refractivity contribution in [2.45, 2.75) is 27.4 Å². The number of halogens is 1. The van der Waals surface area contributed by atoms with Gasteiger partial charge < -0.3 is 4.74 Å². The van der Waals surface area contributed by atoms with Gasteiger partial charge in [-0.05, 0) is 31.0 Å². The summed E-state index contributed by atoms with van der Waals surface area (Å²) in [5, 5.41) is -0.00267. The number of benzene rings is 1. The molecule has 0 saturated carbocycles. The van der Waals surface area contributed by atoms with Crippen molar-refractivity contribution in [2.24, 2.45) is 0 Å². The minimum atomic E-state index is -0.400. The molecule has 0 unspecified atom stereocenters. The zero-order valence-electron chi connectivity index (χ0n) is 15.3. The molecule has 0 saturated heterocycles. The number of ether oxygens (including phenoxy) is 1. The highest BCUT2D eigenvalue weighted by Gasteiger charge is 2.16. The van der Waals surface area contributed by atoms with Crippen LogP contribution in [0.1, 0.15) is 34.2 Å². The lowest BCUT2D eigenvalue weighted by Crippen LogP contribution is -2.23. The number of pyridine rings is 2. The summed E-state index contributed by atoms with van der Waals surface area (Å²) in [6.45, 7) is 5.36. The number of carbonyl (C=O) groups excluding carboxylic acids is 1. The summed E-state index contributed by atoms with van der Waals surface area (Å²) in [6, 6.07) is 13.0. The van der Waals surface area contributed by atoms with Gasteiger partial charge in [0.25, 0.3) is 5.56 Å². The Balaban J connectivity index is 2.02. The molecule has 0 atom stereocenters. The molecule has 2 heterocycles. The van der Waals surface area contributed by atoms with Gasteiger partial charge in [0.2, 0.25) is 0 Å². The maximum atomic E-state index is 12.9. The second-order valence-corrected chi connectivity index (χ2v) is 6.67. The van der Waals surface area contributed by atoms with Crippen molar-refractivity contribution in [1.29, 1.82) is 0 Å². The first-order valence-corrected chi connectivity index (χ1v) is 8.83. The molecule has 0 aliphatic heterocycles. The van der Waals surface area contributed by atoms with Gasteiger partial charge in [-0.15, -0.1) is 0 Å². The summed E-state index contributed by atoms with van der Waals surface area (Å²) in [5.41, 5.74) is 2.86. The van der Waals surface area contributed by atoms with Crippen LogP contribution in [-0.4, -0.2) is 15.3 Å². The third kappa shape index (κ3) is 3.93. The van der Waals surface area contributed by atoms with Gasteiger partial charge in [0.15, 0.2) is 5.78 Å². The first-order chi connectivity index (χ1) is 12.9. The van der Waals surface area contributed by atoms with Crippen LogP contribution in [0.5, 0.6) is 5.75 Å². The summed E-state index contributed by atoms with van der Waals surface area (Å²) in [7, 11) is 0. The van der Waals surface area contributed by atoms with Gasteiger partial charge in [-0.2, -0.15) is 0 Å². The van der Waals surface area contributed by atoms with Crippen molar-refractivity contribution in [1.82, 2.24) is 9.55 Å². The fourth-order valence-electron chi connectivity index (χ4n) is 2.77. The molecule has 0 fully saturated rings. The van der Waals surface area contributed by atoms with E-state index >= 15 is 0 Å². The summed E-state index contributed by atoms with van der Waals surface area (Å²) < 4.78 is 7.23. The van der Waals surface area contributed by atoms with Crippen molar-refractivity contribution in [3.8, 4) is 11.4 Å². The predicted molar refractivity (Wildman–Crippen MR) is 105 cm³/mol. The number of hydrogen-bond acceptors (Lipinski definition) is 4. The number of carbonyl (C=O) groups is 1. The van der Waals surface area contributed by atoms with Crippen molar-refractivity contribution in [2.75, 3.05) is 0 Å². The summed E-state index contributed by atoms with van der Waals surface area (Å²) >= 11 is 6.30. The van der Waals surface area contributed by atoms with Crippen molar-refractivity contribution in [3.63, 3.8) is 0 Å². The van der Waals surface area contributed by atoms with Gasteiger partial charge in [-0.3, -0.25) is 19.1 Å². The van der Waals surface area contributed by atoms with Crippen LogP contribution in [0, 0.1) is 13.8 Å². The van der Waals surface area contributed by atoms with E-state index in [-0.39, 0.29) is 10.8 Å². The molecule has 1 aromatic carbocycles. The first-order valence-electron chi connectivity index (χ1n) is 8.45. The van der Waals surface area contributed by atoms with Crippen LogP contribution in [-0.2, 0) is 6.61 Å². The fraction of sp³-hybridized carbons (Fsp3) is 0.190. The van der Waals surface area contributed by atoms with Crippen molar-refractivity contribution < 1.29 is 9.53 Å². The van der Waals surface area contributed by atoms with Gasteiger partial charge in [0, 0.05) is 24.9 Å². The van der Waals surface area contributed by atoms with Crippen LogP contribution in [0.25, 0.3) is 5.69 Å². The van der Waals surface area contributed by atoms with Crippen LogP contribution in [0.3, 0.4) is 0 Å². The van der Waals surface area contributed by atoms with Crippen LogP contribution in [0.2, 0.25) is 5.02 Å². The molecule has 6 heteroatoms. The predicted octanol–water partition coefficient (Wildman–Crippen LogP) is 4.28. The normalized spacial score (nSPS) is 10.7. The highest BCUT2D eigenvalue weighted by atomic mass is 35.5. The molecule has 0 bridgehead atoms. The van der Waals surface area contributed by atoms with Crippen molar-refractivity contribution >= 4 is 17.4 Å². The van der Waals surface area contributed by atoms with Crippen LogP contribution >= 0.6 is 11.6 Å². The lowest BCUT2D eigenvalue weighted by Gasteiger charge is -2.16. The number of ketones is 1. The van der Waals surface area contributed by atoms with Crippen LogP contribution in [0.15, 0.2) is 53.5 Å². The number of hydrogen-bond donors (Lipinski definition) is 0. The van der Waals surface area contributed by atoms with Gasteiger partial charge in [-0.1, -0.05) is 41.9 Å². The van der Waals surface area contributed by atoms with Crippen molar-refractivity contribution in [3.05, 3.63) is 86.6 Å². The molecule has 3 rings (SSSR count). The standard InChI is InChI=1S/C21H19ClN2O3/c1-13-11-23-17(15(3)25)10-18(13)24-14(2)9-19(20(22)21(24)26)27-12-16-7-5-4-6-8-16/h4-11H,12H2,1-3H3. The topological polar surface area (TPSA) is 61.2 Å². The summed E-state index contributed by atoms with van der Waals surface area (Å²) in [4.78, 5) is 28.7. The zero-order chi connectivity index (χ0) is 19.6. The van der Waals surface area contributed by atoms with Crippen LogP contribution in [0.4, 0.5) is 0 Å². The van der Waals surface area contributed by atoms with E-state index in [1.165, 1.54) is 11.5 Å². The molecular weight excluding hydrogens is 364 g/mol. The molecule has 27 heavy (non-hydrogen) atoms. The molecule has 138 valence electrons. The average Bonchev–Trinajstić information content (AvgIpc) is 2.65. The fourth-order valence-corrected chi connectivity index (χ4v) is 2.96. The van der Waals surface area contributed by atoms with E-state index in [4.69, 9.17) is 16.3 Å². The Hall–Kier alpha value is -2.92. The maximum Gasteiger partial charge on any atom is 0.277 e. The Kier molecular flexibility index (Phi) is 5.42. The monoisotopic (exact) mass is 382 g/mol. The largest absolute Gasteiger partial charge is 0.487 e. The first kappa shape index (κ1) is 18.9. The zero-order valence-corrected chi connectivity index (χ0v) is 16.1. The summed E-state index contributed by atoms with van der Waals surface area (Å²) in [6.07, 6.45) is 1.58. The van der Waals surface area contributed by atoms with Gasteiger partial charge >= 0.3 is 0 Å². The molecule has 3 aromatic rings. The molecule has 0 N–H and O–H groups in total. The van der Waals surface area contributed by atoms with E-state index in [2.05, 4.69) is 4.98 Å².